The van der Waals surface area contributed by atoms with Gasteiger partial charge in [-0.15, -0.1) is 11.3 Å². The lowest BCUT2D eigenvalue weighted by Gasteiger charge is -2.14. The van der Waals surface area contributed by atoms with Crippen molar-refractivity contribution in [2.24, 2.45) is 5.73 Å². The number of halogens is 3. The van der Waals surface area contributed by atoms with Gasteiger partial charge in [0.1, 0.15) is 0 Å². The largest absolute Gasteiger partial charge is 0.320 e. The van der Waals surface area contributed by atoms with Crippen molar-refractivity contribution in [1.82, 2.24) is 0 Å². The summed E-state index contributed by atoms with van der Waals surface area (Å²) in [5.74, 6) is 0. The maximum absolute atomic E-state index is 6.29. The third kappa shape index (κ3) is 3.01. The molecular weight excluding hydrogens is 430 g/mol. The van der Waals surface area contributed by atoms with Crippen LogP contribution in [0.3, 0.4) is 0 Å². The van der Waals surface area contributed by atoms with Crippen LogP contribution in [-0.2, 0) is 0 Å². The number of rotatable bonds is 2. The van der Waals surface area contributed by atoms with Gasteiger partial charge in [-0.05, 0) is 58.2 Å². The van der Waals surface area contributed by atoms with Crippen LogP contribution in [0.15, 0.2) is 37.0 Å². The van der Waals surface area contributed by atoms with Crippen molar-refractivity contribution in [1.29, 1.82) is 0 Å². The smallest absolute Gasteiger partial charge is 0.0702 e. The van der Waals surface area contributed by atoms with Gasteiger partial charge in [-0.1, -0.05) is 31.9 Å². The van der Waals surface area contributed by atoms with Gasteiger partial charge in [0.2, 0.25) is 0 Å². The van der Waals surface area contributed by atoms with Crippen LogP contribution in [0, 0.1) is 6.92 Å². The van der Waals surface area contributed by atoms with E-state index in [1.165, 1.54) is 5.56 Å². The highest BCUT2D eigenvalue weighted by Crippen LogP contribution is 2.35. The second-order valence-electron chi connectivity index (χ2n) is 3.74. The molecule has 1 aromatic heterocycles. The zero-order valence-electron chi connectivity index (χ0n) is 9.01. The fourth-order valence-electron chi connectivity index (χ4n) is 1.55. The van der Waals surface area contributed by atoms with E-state index in [9.17, 15) is 0 Å². The molecule has 1 nitrogen and oxygen atoms in total. The summed E-state index contributed by atoms with van der Waals surface area (Å²) >= 11 is 12.2. The molecule has 0 spiro atoms. The summed E-state index contributed by atoms with van der Waals surface area (Å²) in [4.78, 5) is 1.15. The van der Waals surface area contributed by atoms with Crippen LogP contribution in [0.2, 0.25) is 0 Å². The molecule has 0 bridgehead atoms. The molecule has 0 radical (unpaired) electrons. The fraction of sp³-hybridized carbons (Fsp3) is 0.167. The number of hydrogen-bond donors (Lipinski definition) is 1. The molecule has 0 fully saturated rings. The second kappa shape index (κ2) is 5.53. The maximum Gasteiger partial charge on any atom is 0.0702 e. The topological polar surface area (TPSA) is 26.0 Å². The Morgan fingerprint density at radius 3 is 2.41 bits per heavy atom. The van der Waals surface area contributed by atoms with Gasteiger partial charge in [0.15, 0.2) is 0 Å². The maximum atomic E-state index is 6.29. The molecule has 1 heterocycles. The lowest BCUT2D eigenvalue weighted by atomic mass is 10.0. The standard InChI is InChI=1S/C12H10Br3NS/c1-6-4-9(14)7(5-8(6)13)12(16)10-2-3-11(15)17-10/h2-5,12H,16H2,1H3. The van der Waals surface area contributed by atoms with E-state index in [0.29, 0.717) is 0 Å². The Morgan fingerprint density at radius 1 is 1.12 bits per heavy atom. The molecule has 17 heavy (non-hydrogen) atoms. The van der Waals surface area contributed by atoms with Crippen LogP contribution in [0.1, 0.15) is 22.0 Å². The third-order valence-electron chi connectivity index (χ3n) is 2.51. The normalized spacial score (nSPS) is 12.8. The van der Waals surface area contributed by atoms with E-state index in [1.807, 2.05) is 6.07 Å². The Hall–Kier alpha value is 0.320. The van der Waals surface area contributed by atoms with Crippen molar-refractivity contribution < 1.29 is 0 Å². The molecule has 2 N–H and O–H groups in total. The van der Waals surface area contributed by atoms with Crippen LogP contribution in [0.25, 0.3) is 0 Å². The summed E-state index contributed by atoms with van der Waals surface area (Å²) in [7, 11) is 0. The van der Waals surface area contributed by atoms with Gasteiger partial charge in [0, 0.05) is 13.8 Å². The van der Waals surface area contributed by atoms with Gasteiger partial charge >= 0.3 is 0 Å². The number of hydrogen-bond acceptors (Lipinski definition) is 2. The summed E-state index contributed by atoms with van der Waals surface area (Å²) < 4.78 is 3.24. The molecular formula is C12H10Br3NS. The van der Waals surface area contributed by atoms with Crippen molar-refractivity contribution in [2.75, 3.05) is 0 Å². The minimum absolute atomic E-state index is 0.0995. The van der Waals surface area contributed by atoms with Gasteiger partial charge in [-0.25, -0.2) is 0 Å². The first-order valence-corrected chi connectivity index (χ1v) is 8.15. The highest BCUT2D eigenvalue weighted by molar-refractivity contribution is 9.11. The minimum Gasteiger partial charge on any atom is -0.320 e. The van der Waals surface area contributed by atoms with Crippen LogP contribution in [-0.4, -0.2) is 0 Å². The SMILES string of the molecule is Cc1cc(Br)c(C(N)c2ccc(Br)s2)cc1Br. The zero-order chi connectivity index (χ0) is 12.6. The Kier molecular flexibility index (Phi) is 4.47. The number of benzene rings is 1. The molecule has 90 valence electrons. The van der Waals surface area contributed by atoms with Crippen molar-refractivity contribution in [3.05, 3.63) is 53.0 Å². The predicted molar refractivity (Wildman–Crippen MR) is 84.6 cm³/mol. The molecule has 2 aromatic rings. The zero-order valence-corrected chi connectivity index (χ0v) is 14.6. The summed E-state index contributed by atoms with van der Waals surface area (Å²) in [5.41, 5.74) is 8.58. The molecule has 2 rings (SSSR count). The van der Waals surface area contributed by atoms with Crippen LogP contribution in [0.4, 0.5) is 0 Å². The van der Waals surface area contributed by atoms with Gasteiger partial charge in [0.25, 0.3) is 0 Å². The minimum atomic E-state index is -0.0995. The molecule has 5 heteroatoms. The van der Waals surface area contributed by atoms with E-state index in [0.717, 1.165) is 23.2 Å². The molecule has 0 aliphatic rings. The predicted octanol–water partition coefficient (Wildman–Crippen LogP) is 5.39. The average molecular weight is 440 g/mol. The van der Waals surface area contributed by atoms with E-state index in [4.69, 9.17) is 5.73 Å². The fourth-order valence-corrected chi connectivity index (χ4v) is 4.06. The van der Waals surface area contributed by atoms with E-state index in [2.05, 4.69) is 72.9 Å². The molecule has 0 aliphatic heterocycles. The van der Waals surface area contributed by atoms with E-state index in [1.54, 1.807) is 11.3 Å². The molecule has 1 atom stereocenters. The molecule has 0 saturated heterocycles. The van der Waals surface area contributed by atoms with Crippen LogP contribution < -0.4 is 5.73 Å². The molecule has 0 saturated carbocycles. The first kappa shape index (κ1) is 13.7. The Bertz CT molecular complexity index is 551. The van der Waals surface area contributed by atoms with Crippen molar-refractivity contribution in [2.45, 2.75) is 13.0 Å². The Balaban J connectivity index is 2.43. The second-order valence-corrected chi connectivity index (χ2v) is 7.95. The van der Waals surface area contributed by atoms with Crippen molar-refractivity contribution >= 4 is 59.1 Å². The van der Waals surface area contributed by atoms with E-state index < -0.39 is 0 Å². The average Bonchev–Trinajstić information content (AvgIpc) is 2.69. The lowest BCUT2D eigenvalue weighted by molar-refractivity contribution is 0.885. The Labute approximate surface area is 130 Å². The first-order chi connectivity index (χ1) is 7.99. The number of aryl methyl sites for hydroxylation is 1. The number of thiophene rings is 1. The van der Waals surface area contributed by atoms with Gasteiger partial charge in [-0.3, -0.25) is 0 Å². The van der Waals surface area contributed by atoms with Crippen LogP contribution in [0.5, 0.6) is 0 Å². The molecule has 1 unspecified atom stereocenters. The summed E-state index contributed by atoms with van der Waals surface area (Å²) in [5, 5.41) is 0. The van der Waals surface area contributed by atoms with Crippen LogP contribution >= 0.6 is 59.1 Å². The number of nitrogens with two attached hydrogens (primary N) is 1. The summed E-state index contributed by atoms with van der Waals surface area (Å²) in [6, 6.07) is 8.15. The molecule has 0 amide bonds. The molecule has 0 aliphatic carbocycles. The van der Waals surface area contributed by atoms with E-state index >= 15 is 0 Å². The molecule has 1 aromatic carbocycles. The first-order valence-electron chi connectivity index (χ1n) is 4.95. The van der Waals surface area contributed by atoms with Gasteiger partial charge < -0.3 is 5.73 Å². The van der Waals surface area contributed by atoms with Crippen molar-refractivity contribution in [3.63, 3.8) is 0 Å². The third-order valence-corrected chi connectivity index (χ3v) is 5.76. The van der Waals surface area contributed by atoms with Crippen molar-refractivity contribution in [3.8, 4) is 0 Å². The van der Waals surface area contributed by atoms with Gasteiger partial charge in [0.05, 0.1) is 9.83 Å². The Morgan fingerprint density at radius 2 is 1.82 bits per heavy atom. The quantitative estimate of drug-likeness (QED) is 0.666. The highest BCUT2D eigenvalue weighted by Gasteiger charge is 2.15. The highest BCUT2D eigenvalue weighted by atomic mass is 79.9. The van der Waals surface area contributed by atoms with Gasteiger partial charge in [-0.2, -0.15) is 0 Å². The summed E-state index contributed by atoms with van der Waals surface area (Å²) in [6.07, 6.45) is 0. The summed E-state index contributed by atoms with van der Waals surface area (Å²) in [6.45, 7) is 2.06. The lowest BCUT2D eigenvalue weighted by Crippen LogP contribution is -2.11. The monoisotopic (exact) mass is 437 g/mol. The van der Waals surface area contributed by atoms with E-state index in [-0.39, 0.29) is 6.04 Å².